The molecule has 0 radical (unpaired) electrons. The highest BCUT2D eigenvalue weighted by molar-refractivity contribution is 7.86. The fourth-order valence-electron chi connectivity index (χ4n) is 2.89. The summed E-state index contributed by atoms with van der Waals surface area (Å²) in [5.41, 5.74) is 1.30. The summed E-state index contributed by atoms with van der Waals surface area (Å²) in [6, 6.07) is 10.6. The summed E-state index contributed by atoms with van der Waals surface area (Å²) < 4.78 is 33.3. The smallest absolute Gasteiger partial charge is 0.306 e. The van der Waals surface area contributed by atoms with Gasteiger partial charge in [0.05, 0.1) is 18.3 Å². The van der Waals surface area contributed by atoms with Crippen molar-refractivity contribution in [3.05, 3.63) is 69.8 Å². The Morgan fingerprint density at radius 2 is 1.84 bits per heavy atom. The SMILES string of the molecule is CCC(C)N(Cc1ccc(OC)c(OS(C)(=O)=O)c1)C(=O)/C=C/c1ccc([N+](=O)[O-])cc1. The molecule has 0 saturated carbocycles. The van der Waals surface area contributed by atoms with Crippen molar-refractivity contribution in [1.82, 2.24) is 4.90 Å². The Morgan fingerprint density at radius 1 is 1.19 bits per heavy atom. The molecule has 1 unspecified atom stereocenters. The minimum absolute atomic E-state index is 0.0265. The number of benzene rings is 2. The van der Waals surface area contributed by atoms with Gasteiger partial charge in [-0.1, -0.05) is 13.0 Å². The summed E-state index contributed by atoms with van der Waals surface area (Å²) in [5, 5.41) is 10.8. The average molecular weight is 463 g/mol. The Bertz CT molecular complexity index is 1100. The van der Waals surface area contributed by atoms with E-state index in [1.54, 1.807) is 35.2 Å². The molecule has 0 N–H and O–H groups in total. The monoisotopic (exact) mass is 462 g/mol. The molecule has 2 aromatic rings. The number of rotatable bonds is 10. The lowest BCUT2D eigenvalue weighted by Gasteiger charge is -2.28. The summed E-state index contributed by atoms with van der Waals surface area (Å²) in [6.07, 6.45) is 4.65. The molecule has 0 bridgehead atoms. The minimum Gasteiger partial charge on any atom is -0.493 e. The lowest BCUT2D eigenvalue weighted by atomic mass is 10.1. The molecule has 0 aromatic heterocycles. The summed E-state index contributed by atoms with van der Waals surface area (Å²) in [5.74, 6) is 0.0585. The van der Waals surface area contributed by atoms with E-state index in [0.29, 0.717) is 17.5 Å². The van der Waals surface area contributed by atoms with E-state index < -0.39 is 15.0 Å². The molecule has 0 saturated heterocycles. The first-order valence-corrected chi connectivity index (χ1v) is 11.6. The zero-order valence-electron chi connectivity index (χ0n) is 18.3. The molecule has 0 aliphatic heterocycles. The third-order valence-electron chi connectivity index (χ3n) is 4.75. The van der Waals surface area contributed by atoms with E-state index in [-0.39, 0.29) is 35.7 Å². The lowest BCUT2D eigenvalue weighted by Crippen LogP contribution is -2.36. The average Bonchev–Trinajstić information content (AvgIpc) is 2.74. The Morgan fingerprint density at radius 3 is 2.38 bits per heavy atom. The van der Waals surface area contributed by atoms with Gasteiger partial charge in [0.2, 0.25) is 5.91 Å². The van der Waals surface area contributed by atoms with E-state index >= 15 is 0 Å². The van der Waals surface area contributed by atoms with E-state index in [9.17, 15) is 23.3 Å². The summed E-state index contributed by atoms with van der Waals surface area (Å²) >= 11 is 0. The molecule has 2 aromatic carbocycles. The zero-order valence-corrected chi connectivity index (χ0v) is 19.2. The van der Waals surface area contributed by atoms with Gasteiger partial charge in [-0.15, -0.1) is 0 Å². The summed E-state index contributed by atoms with van der Waals surface area (Å²) in [6.45, 7) is 4.09. The maximum absolute atomic E-state index is 12.9. The highest BCUT2D eigenvalue weighted by Gasteiger charge is 2.19. The van der Waals surface area contributed by atoms with Crippen molar-refractivity contribution in [2.45, 2.75) is 32.9 Å². The van der Waals surface area contributed by atoms with E-state index in [1.165, 1.54) is 31.4 Å². The molecule has 2 rings (SSSR count). The number of non-ortho nitro benzene ring substituents is 1. The van der Waals surface area contributed by atoms with E-state index in [4.69, 9.17) is 8.92 Å². The number of nitrogens with zero attached hydrogens (tertiary/aromatic N) is 2. The topological polar surface area (TPSA) is 116 Å². The number of nitro benzene ring substituents is 1. The van der Waals surface area contributed by atoms with Crippen LogP contribution in [0.2, 0.25) is 0 Å². The molecule has 9 nitrogen and oxygen atoms in total. The van der Waals surface area contributed by atoms with Gasteiger partial charge in [0.25, 0.3) is 5.69 Å². The molecule has 0 fully saturated rings. The van der Waals surface area contributed by atoms with Crippen LogP contribution in [0.1, 0.15) is 31.4 Å². The van der Waals surface area contributed by atoms with Crippen molar-refractivity contribution in [2.75, 3.05) is 13.4 Å². The van der Waals surface area contributed by atoms with Gasteiger partial charge in [0, 0.05) is 30.8 Å². The predicted molar refractivity (Wildman–Crippen MR) is 121 cm³/mol. The van der Waals surface area contributed by atoms with E-state index in [0.717, 1.165) is 6.26 Å². The van der Waals surface area contributed by atoms with Gasteiger partial charge in [0.15, 0.2) is 11.5 Å². The molecule has 0 heterocycles. The maximum atomic E-state index is 12.9. The Hall–Kier alpha value is -3.40. The fraction of sp³-hybridized carbons (Fsp3) is 0.318. The fourth-order valence-corrected chi connectivity index (χ4v) is 3.34. The van der Waals surface area contributed by atoms with E-state index in [1.807, 2.05) is 13.8 Å². The number of carbonyl (C=O) groups is 1. The largest absolute Gasteiger partial charge is 0.493 e. The quantitative estimate of drug-likeness (QED) is 0.228. The number of amides is 1. The van der Waals surface area contributed by atoms with Crippen molar-refractivity contribution >= 4 is 27.8 Å². The predicted octanol–water partition coefficient (Wildman–Crippen LogP) is 3.78. The first-order chi connectivity index (χ1) is 15.0. The van der Waals surface area contributed by atoms with Gasteiger partial charge in [-0.3, -0.25) is 14.9 Å². The Balaban J connectivity index is 2.25. The number of ether oxygens (including phenoxy) is 1. The van der Waals surface area contributed by atoms with Crippen LogP contribution in [-0.2, 0) is 21.5 Å². The van der Waals surface area contributed by atoms with E-state index in [2.05, 4.69) is 0 Å². The van der Waals surface area contributed by atoms with Crippen LogP contribution in [0.15, 0.2) is 48.5 Å². The van der Waals surface area contributed by atoms with Crippen LogP contribution in [0.5, 0.6) is 11.5 Å². The number of hydrogen-bond donors (Lipinski definition) is 0. The molecule has 10 heteroatoms. The van der Waals surface area contributed by atoms with Crippen LogP contribution in [-0.4, -0.2) is 43.6 Å². The van der Waals surface area contributed by atoms with Crippen LogP contribution in [0, 0.1) is 10.1 Å². The second-order valence-corrected chi connectivity index (χ2v) is 8.75. The number of nitro groups is 1. The first-order valence-electron chi connectivity index (χ1n) is 9.83. The van der Waals surface area contributed by atoms with Crippen LogP contribution < -0.4 is 8.92 Å². The molecular weight excluding hydrogens is 436 g/mol. The molecule has 0 aliphatic rings. The van der Waals surface area contributed by atoms with Crippen molar-refractivity contribution in [2.24, 2.45) is 0 Å². The van der Waals surface area contributed by atoms with Gasteiger partial charge in [0.1, 0.15) is 0 Å². The molecule has 172 valence electrons. The van der Waals surface area contributed by atoms with Gasteiger partial charge >= 0.3 is 10.1 Å². The highest BCUT2D eigenvalue weighted by Crippen LogP contribution is 2.30. The minimum atomic E-state index is -3.75. The number of carbonyl (C=O) groups excluding carboxylic acids is 1. The van der Waals surface area contributed by atoms with Gasteiger partial charge in [-0.05, 0) is 54.8 Å². The molecule has 0 aliphatic carbocycles. The summed E-state index contributed by atoms with van der Waals surface area (Å²) in [7, 11) is -2.35. The number of methoxy groups -OCH3 is 1. The molecule has 32 heavy (non-hydrogen) atoms. The van der Waals surface area contributed by atoms with Gasteiger partial charge in [-0.2, -0.15) is 8.42 Å². The van der Waals surface area contributed by atoms with Crippen LogP contribution in [0.3, 0.4) is 0 Å². The third-order valence-corrected chi connectivity index (χ3v) is 5.23. The van der Waals surface area contributed by atoms with Crippen LogP contribution >= 0.6 is 0 Å². The Labute approximate surface area is 187 Å². The Kier molecular flexibility index (Phi) is 8.36. The second kappa shape index (κ2) is 10.8. The molecule has 1 amide bonds. The van der Waals surface area contributed by atoms with Crippen molar-refractivity contribution < 1.29 is 27.1 Å². The van der Waals surface area contributed by atoms with Crippen LogP contribution in [0.25, 0.3) is 6.08 Å². The second-order valence-electron chi connectivity index (χ2n) is 7.18. The van der Waals surface area contributed by atoms with Crippen molar-refractivity contribution in [3.8, 4) is 11.5 Å². The van der Waals surface area contributed by atoms with Gasteiger partial charge < -0.3 is 13.8 Å². The third kappa shape index (κ3) is 7.09. The molecule has 1 atom stereocenters. The summed E-state index contributed by atoms with van der Waals surface area (Å²) in [4.78, 5) is 24.8. The van der Waals surface area contributed by atoms with Crippen LogP contribution in [0.4, 0.5) is 5.69 Å². The lowest BCUT2D eigenvalue weighted by molar-refractivity contribution is -0.384. The standard InChI is InChI=1S/C22H26N2O7S/c1-5-16(2)23(22(25)13-9-17-6-10-19(11-7-17)24(26)27)15-18-8-12-20(30-3)21(14-18)31-32(4,28)29/h6-14,16H,5,15H2,1-4H3/b13-9+. The zero-order chi connectivity index (χ0) is 23.9. The van der Waals surface area contributed by atoms with Crippen molar-refractivity contribution in [3.63, 3.8) is 0 Å². The van der Waals surface area contributed by atoms with Crippen molar-refractivity contribution in [1.29, 1.82) is 0 Å². The maximum Gasteiger partial charge on any atom is 0.306 e. The number of hydrogen-bond acceptors (Lipinski definition) is 7. The normalized spacial score (nSPS) is 12.4. The van der Waals surface area contributed by atoms with Gasteiger partial charge in [-0.25, -0.2) is 0 Å². The highest BCUT2D eigenvalue weighted by atomic mass is 32.2. The molecule has 0 spiro atoms. The molecular formula is C22H26N2O7S. The first kappa shape index (κ1) is 24.9.